The number of aromatic nitrogens is 1. The standard InChI is InChI=1S/C28H41N3O5/c1-6-9-22(25(33)27-30-21-10-7-8-11-23(21)36-27)29-26(34)20(18-28(4,5)17-19(2)3)16-24(32)31-12-14-35-15-13-31/h7-8,10-11,19-20,22H,6,9,12-18H2,1-5H3,(H,29,34)/t20-,22-/m1/s1. The van der Waals surface area contributed by atoms with E-state index in [2.05, 4.69) is 38.0 Å². The minimum absolute atomic E-state index is 0.00368. The number of Topliss-reactive ketones (excluding diaryl/α,β-unsaturated/α-hetero) is 1. The average Bonchev–Trinajstić information content (AvgIpc) is 3.26. The Balaban J connectivity index is 1.78. The average molecular weight is 500 g/mol. The van der Waals surface area contributed by atoms with Crippen LogP contribution < -0.4 is 5.32 Å². The number of hydrogen-bond donors (Lipinski definition) is 1. The number of ether oxygens (including phenoxy) is 1. The number of carbonyl (C=O) groups is 3. The van der Waals surface area contributed by atoms with Gasteiger partial charge in [0.2, 0.25) is 17.6 Å². The summed E-state index contributed by atoms with van der Waals surface area (Å²) >= 11 is 0. The second kappa shape index (κ2) is 12.5. The highest BCUT2D eigenvalue weighted by Crippen LogP contribution is 2.34. The van der Waals surface area contributed by atoms with Gasteiger partial charge >= 0.3 is 0 Å². The minimum Gasteiger partial charge on any atom is -0.434 e. The third kappa shape index (κ3) is 7.63. The lowest BCUT2D eigenvalue weighted by Crippen LogP contribution is -2.47. The molecule has 0 spiro atoms. The maximum atomic E-state index is 13.6. The van der Waals surface area contributed by atoms with Crippen molar-refractivity contribution in [2.45, 2.75) is 72.8 Å². The molecule has 1 aliphatic rings. The quantitative estimate of drug-likeness (QED) is 0.428. The van der Waals surface area contributed by atoms with Crippen LogP contribution in [0.3, 0.4) is 0 Å². The predicted octanol–water partition coefficient (Wildman–Crippen LogP) is 4.62. The van der Waals surface area contributed by atoms with Crippen molar-refractivity contribution in [1.82, 2.24) is 15.2 Å². The van der Waals surface area contributed by atoms with Crippen LogP contribution >= 0.6 is 0 Å². The van der Waals surface area contributed by atoms with Crippen LogP contribution in [0.5, 0.6) is 0 Å². The van der Waals surface area contributed by atoms with Gasteiger partial charge in [-0.25, -0.2) is 4.98 Å². The van der Waals surface area contributed by atoms with E-state index in [4.69, 9.17) is 9.15 Å². The topological polar surface area (TPSA) is 102 Å². The summed E-state index contributed by atoms with van der Waals surface area (Å²) in [6.45, 7) is 12.7. The first kappa shape index (κ1) is 27.8. The maximum Gasteiger partial charge on any atom is 0.266 e. The van der Waals surface area contributed by atoms with Crippen molar-refractivity contribution in [2.24, 2.45) is 17.3 Å². The molecule has 3 rings (SSSR count). The molecule has 198 valence electrons. The van der Waals surface area contributed by atoms with Crippen LogP contribution in [0.15, 0.2) is 28.7 Å². The van der Waals surface area contributed by atoms with Gasteiger partial charge in [0, 0.05) is 25.4 Å². The number of ketones is 1. The Hall–Kier alpha value is -2.74. The lowest BCUT2D eigenvalue weighted by molar-refractivity contribution is -0.140. The van der Waals surface area contributed by atoms with Crippen LogP contribution in [0.4, 0.5) is 0 Å². The number of oxazole rings is 1. The van der Waals surface area contributed by atoms with E-state index in [1.165, 1.54) is 0 Å². The highest BCUT2D eigenvalue weighted by molar-refractivity contribution is 6.00. The van der Waals surface area contributed by atoms with Crippen molar-refractivity contribution >= 4 is 28.7 Å². The predicted molar refractivity (Wildman–Crippen MR) is 139 cm³/mol. The first-order valence-corrected chi connectivity index (χ1v) is 13.2. The second-order valence-electron chi connectivity index (χ2n) is 11.1. The zero-order valence-electron chi connectivity index (χ0n) is 22.3. The Morgan fingerprint density at radius 2 is 1.81 bits per heavy atom. The van der Waals surface area contributed by atoms with E-state index >= 15 is 0 Å². The van der Waals surface area contributed by atoms with Gasteiger partial charge in [0.25, 0.3) is 5.89 Å². The highest BCUT2D eigenvalue weighted by Gasteiger charge is 2.34. The first-order chi connectivity index (χ1) is 17.1. The van der Waals surface area contributed by atoms with Gasteiger partial charge in [-0.2, -0.15) is 0 Å². The molecule has 1 aliphatic heterocycles. The molecule has 1 aromatic carbocycles. The molecular formula is C28H41N3O5. The number of rotatable bonds is 12. The molecule has 1 fully saturated rings. The SMILES string of the molecule is CCC[C@@H](NC(=O)[C@H](CC(=O)N1CCOCC1)CC(C)(C)CC(C)C)C(=O)c1nc2ccccc2o1. The molecule has 0 saturated carbocycles. The van der Waals surface area contributed by atoms with Gasteiger partial charge in [-0.1, -0.05) is 53.2 Å². The molecular weight excluding hydrogens is 458 g/mol. The summed E-state index contributed by atoms with van der Waals surface area (Å²) in [4.78, 5) is 46.1. The summed E-state index contributed by atoms with van der Waals surface area (Å²) in [5.41, 5.74) is 1.00. The number of amides is 2. The molecule has 1 saturated heterocycles. The fourth-order valence-corrected chi connectivity index (χ4v) is 5.24. The van der Waals surface area contributed by atoms with Gasteiger partial charge < -0.3 is 19.4 Å². The van der Waals surface area contributed by atoms with Crippen molar-refractivity contribution in [3.63, 3.8) is 0 Å². The van der Waals surface area contributed by atoms with E-state index in [9.17, 15) is 14.4 Å². The van der Waals surface area contributed by atoms with E-state index in [0.717, 1.165) is 6.42 Å². The van der Waals surface area contributed by atoms with Gasteiger partial charge in [-0.15, -0.1) is 0 Å². The molecule has 2 aromatic rings. The lowest BCUT2D eigenvalue weighted by Gasteiger charge is -2.33. The van der Waals surface area contributed by atoms with Crippen molar-refractivity contribution in [3.05, 3.63) is 30.2 Å². The molecule has 0 radical (unpaired) electrons. The van der Waals surface area contributed by atoms with Gasteiger partial charge in [-0.3, -0.25) is 14.4 Å². The van der Waals surface area contributed by atoms with Crippen LogP contribution in [-0.4, -0.2) is 59.8 Å². The van der Waals surface area contributed by atoms with Gasteiger partial charge in [0.05, 0.1) is 19.3 Å². The Morgan fingerprint density at radius 1 is 1.11 bits per heavy atom. The Morgan fingerprint density at radius 3 is 2.44 bits per heavy atom. The van der Waals surface area contributed by atoms with Crippen LogP contribution in [0, 0.1) is 17.3 Å². The van der Waals surface area contributed by atoms with Gasteiger partial charge in [0.1, 0.15) is 5.52 Å². The summed E-state index contributed by atoms with van der Waals surface area (Å²) in [7, 11) is 0. The molecule has 0 aliphatic carbocycles. The molecule has 1 aromatic heterocycles. The van der Waals surface area contributed by atoms with Crippen molar-refractivity contribution in [2.75, 3.05) is 26.3 Å². The second-order valence-corrected chi connectivity index (χ2v) is 11.1. The van der Waals surface area contributed by atoms with E-state index in [0.29, 0.717) is 62.6 Å². The summed E-state index contributed by atoms with van der Waals surface area (Å²) in [6.07, 6.45) is 2.77. The molecule has 1 N–H and O–H groups in total. The molecule has 2 atom stereocenters. The van der Waals surface area contributed by atoms with Crippen molar-refractivity contribution in [1.29, 1.82) is 0 Å². The number of hydrogen-bond acceptors (Lipinski definition) is 6. The number of morpholine rings is 1. The fourth-order valence-electron chi connectivity index (χ4n) is 5.24. The lowest BCUT2D eigenvalue weighted by atomic mass is 9.75. The van der Waals surface area contributed by atoms with Gasteiger partial charge in [0.15, 0.2) is 5.58 Å². The number of benzene rings is 1. The van der Waals surface area contributed by atoms with E-state index in [-0.39, 0.29) is 35.3 Å². The molecule has 2 amide bonds. The van der Waals surface area contributed by atoms with E-state index in [1.54, 1.807) is 17.0 Å². The first-order valence-electron chi connectivity index (χ1n) is 13.2. The summed E-state index contributed by atoms with van der Waals surface area (Å²) in [5.74, 6) is -0.735. The van der Waals surface area contributed by atoms with Crippen LogP contribution in [-0.2, 0) is 14.3 Å². The summed E-state index contributed by atoms with van der Waals surface area (Å²) in [6, 6.07) is 6.44. The summed E-state index contributed by atoms with van der Waals surface area (Å²) < 4.78 is 11.1. The Bertz CT molecular complexity index is 1010. The third-order valence-electron chi connectivity index (χ3n) is 6.63. The molecule has 0 bridgehead atoms. The number of para-hydroxylation sites is 2. The molecule has 36 heavy (non-hydrogen) atoms. The molecule has 8 nitrogen and oxygen atoms in total. The largest absolute Gasteiger partial charge is 0.434 e. The van der Waals surface area contributed by atoms with Crippen LogP contribution in [0.25, 0.3) is 11.1 Å². The fraction of sp³-hybridized carbons (Fsp3) is 0.643. The number of fused-ring (bicyclic) bond motifs is 1. The maximum absolute atomic E-state index is 13.6. The van der Waals surface area contributed by atoms with E-state index in [1.807, 2.05) is 19.1 Å². The van der Waals surface area contributed by atoms with Crippen LogP contribution in [0.2, 0.25) is 0 Å². The smallest absolute Gasteiger partial charge is 0.266 e. The Kier molecular flexibility index (Phi) is 9.65. The van der Waals surface area contributed by atoms with Crippen molar-refractivity contribution < 1.29 is 23.5 Å². The zero-order chi connectivity index (χ0) is 26.3. The van der Waals surface area contributed by atoms with Gasteiger partial charge in [-0.05, 0) is 42.7 Å². The molecule has 0 unspecified atom stereocenters. The van der Waals surface area contributed by atoms with Crippen molar-refractivity contribution in [3.8, 4) is 0 Å². The van der Waals surface area contributed by atoms with E-state index < -0.39 is 12.0 Å². The third-order valence-corrected chi connectivity index (χ3v) is 6.63. The monoisotopic (exact) mass is 499 g/mol. The number of nitrogens with zero attached hydrogens (tertiary/aromatic N) is 2. The summed E-state index contributed by atoms with van der Waals surface area (Å²) in [5, 5.41) is 2.96. The molecule has 2 heterocycles. The van der Waals surface area contributed by atoms with Crippen LogP contribution in [0.1, 0.15) is 77.4 Å². The minimum atomic E-state index is -0.759. The zero-order valence-corrected chi connectivity index (χ0v) is 22.3. The molecule has 8 heteroatoms. The Labute approximate surface area is 214 Å². The normalized spacial score (nSPS) is 16.2. The highest BCUT2D eigenvalue weighted by atomic mass is 16.5. The number of nitrogens with one attached hydrogen (secondary N) is 1. The number of carbonyl (C=O) groups excluding carboxylic acids is 3.